The van der Waals surface area contributed by atoms with Crippen molar-refractivity contribution in [2.45, 2.75) is 6.54 Å². The van der Waals surface area contributed by atoms with Crippen LogP contribution in [0.25, 0.3) is 0 Å². The predicted molar refractivity (Wildman–Crippen MR) is 105 cm³/mol. The maximum Gasteiger partial charge on any atom is 0.248 e. The molecule has 140 valence electrons. The van der Waals surface area contributed by atoms with E-state index in [0.29, 0.717) is 33.8 Å². The highest BCUT2D eigenvalue weighted by Gasteiger charge is 2.08. The lowest BCUT2D eigenvalue weighted by Gasteiger charge is -2.11. The van der Waals surface area contributed by atoms with Gasteiger partial charge in [-0.25, -0.2) is 14.1 Å². The van der Waals surface area contributed by atoms with E-state index in [0.717, 1.165) is 0 Å². The third-order valence-electron chi connectivity index (χ3n) is 3.66. The first-order valence-corrected chi connectivity index (χ1v) is 8.42. The van der Waals surface area contributed by atoms with Crippen LogP contribution in [0.5, 0.6) is 11.5 Å². The van der Waals surface area contributed by atoms with Gasteiger partial charge in [0.2, 0.25) is 5.95 Å². The maximum absolute atomic E-state index is 13.7. The largest absolute Gasteiger partial charge is 0.497 e. The lowest BCUT2D eigenvalue weighted by Crippen LogP contribution is -2.20. The van der Waals surface area contributed by atoms with E-state index in [1.807, 2.05) is 0 Å². The van der Waals surface area contributed by atoms with Gasteiger partial charge in [0.1, 0.15) is 23.6 Å². The first kappa shape index (κ1) is 18.6. The normalized spacial score (nSPS) is 10.3. The van der Waals surface area contributed by atoms with E-state index in [9.17, 15) is 4.39 Å². The molecule has 0 bridgehead atoms. The lowest BCUT2D eigenvalue weighted by atomic mass is 10.2. The number of halogens is 1. The summed E-state index contributed by atoms with van der Waals surface area (Å²) in [6, 6.07) is 11.8. The second kappa shape index (κ2) is 8.45. The summed E-state index contributed by atoms with van der Waals surface area (Å²) in [6.07, 6.45) is 1.51. The standard InChI is InChI=1S/C18H18FN5O2S/c1-25-14-7-13(8-15(9-14)26-2)21-18(27)22-17-20-11-24(23-17)10-12-5-3-4-6-16(12)19/h3-9,11H,10H2,1-2H3,(H2,21,22,23,27). The molecule has 0 atom stereocenters. The highest BCUT2D eigenvalue weighted by molar-refractivity contribution is 7.80. The van der Waals surface area contributed by atoms with Gasteiger partial charge in [-0.1, -0.05) is 18.2 Å². The smallest absolute Gasteiger partial charge is 0.248 e. The number of hydrogen-bond donors (Lipinski definition) is 2. The second-order valence-electron chi connectivity index (χ2n) is 5.54. The molecule has 0 aliphatic carbocycles. The molecule has 0 saturated carbocycles. The summed E-state index contributed by atoms with van der Waals surface area (Å²) < 4.78 is 25.7. The Bertz CT molecular complexity index is 925. The van der Waals surface area contributed by atoms with E-state index in [2.05, 4.69) is 20.7 Å². The minimum Gasteiger partial charge on any atom is -0.497 e. The Morgan fingerprint density at radius 1 is 1.11 bits per heavy atom. The molecule has 0 saturated heterocycles. The number of benzene rings is 2. The average molecular weight is 387 g/mol. The van der Waals surface area contributed by atoms with Crippen molar-refractivity contribution < 1.29 is 13.9 Å². The molecule has 1 aromatic heterocycles. The SMILES string of the molecule is COc1cc(NC(=S)Nc2ncn(Cc3ccccc3F)n2)cc(OC)c1. The number of ether oxygens (including phenoxy) is 2. The summed E-state index contributed by atoms with van der Waals surface area (Å²) in [5.41, 5.74) is 1.22. The van der Waals surface area contributed by atoms with Crippen molar-refractivity contribution in [3.05, 3.63) is 60.2 Å². The highest BCUT2D eigenvalue weighted by atomic mass is 32.1. The fourth-order valence-electron chi connectivity index (χ4n) is 2.37. The van der Waals surface area contributed by atoms with Crippen LogP contribution in [-0.4, -0.2) is 34.1 Å². The Labute approximate surface area is 161 Å². The summed E-state index contributed by atoms with van der Waals surface area (Å²) in [5, 5.41) is 10.5. The monoisotopic (exact) mass is 387 g/mol. The summed E-state index contributed by atoms with van der Waals surface area (Å²) in [4.78, 5) is 4.13. The van der Waals surface area contributed by atoms with E-state index >= 15 is 0 Å². The van der Waals surface area contributed by atoms with E-state index in [4.69, 9.17) is 21.7 Å². The number of rotatable bonds is 6. The number of hydrogen-bond acceptors (Lipinski definition) is 5. The third-order valence-corrected chi connectivity index (χ3v) is 3.87. The second-order valence-corrected chi connectivity index (χ2v) is 5.95. The fourth-order valence-corrected chi connectivity index (χ4v) is 2.58. The van der Waals surface area contributed by atoms with E-state index < -0.39 is 0 Å². The molecular formula is C18H18FN5O2S. The molecule has 2 N–H and O–H groups in total. The van der Waals surface area contributed by atoms with Gasteiger partial charge >= 0.3 is 0 Å². The van der Waals surface area contributed by atoms with Crippen molar-refractivity contribution in [1.29, 1.82) is 0 Å². The van der Waals surface area contributed by atoms with Gasteiger partial charge in [0.25, 0.3) is 0 Å². The van der Waals surface area contributed by atoms with Gasteiger partial charge in [0, 0.05) is 29.4 Å². The van der Waals surface area contributed by atoms with Crippen LogP contribution in [0, 0.1) is 5.82 Å². The van der Waals surface area contributed by atoms with E-state index in [1.54, 1.807) is 50.6 Å². The van der Waals surface area contributed by atoms with Gasteiger partial charge in [-0.2, -0.15) is 0 Å². The van der Waals surface area contributed by atoms with Crippen molar-refractivity contribution in [2.75, 3.05) is 24.9 Å². The molecule has 0 fully saturated rings. The zero-order chi connectivity index (χ0) is 19.2. The zero-order valence-corrected chi connectivity index (χ0v) is 15.6. The minimum atomic E-state index is -0.285. The van der Waals surface area contributed by atoms with Crippen molar-refractivity contribution in [3.63, 3.8) is 0 Å². The molecule has 0 aliphatic rings. The summed E-state index contributed by atoms with van der Waals surface area (Å²) >= 11 is 5.28. The molecule has 0 amide bonds. The quantitative estimate of drug-likeness (QED) is 0.629. The topological polar surface area (TPSA) is 73.2 Å². The van der Waals surface area contributed by atoms with Crippen LogP contribution in [0.2, 0.25) is 0 Å². The Balaban J connectivity index is 1.63. The van der Waals surface area contributed by atoms with E-state index in [-0.39, 0.29) is 12.4 Å². The summed E-state index contributed by atoms with van der Waals surface area (Å²) in [7, 11) is 3.14. The number of nitrogens with one attached hydrogen (secondary N) is 2. The Morgan fingerprint density at radius 2 is 1.81 bits per heavy atom. The van der Waals surface area contributed by atoms with Crippen LogP contribution in [0.15, 0.2) is 48.8 Å². The van der Waals surface area contributed by atoms with Crippen molar-refractivity contribution in [1.82, 2.24) is 14.8 Å². The van der Waals surface area contributed by atoms with Gasteiger partial charge in [-0.15, -0.1) is 5.10 Å². The van der Waals surface area contributed by atoms with Crippen LogP contribution >= 0.6 is 12.2 Å². The molecule has 3 aromatic rings. The van der Waals surface area contributed by atoms with Crippen molar-refractivity contribution >= 4 is 29.0 Å². The molecule has 0 radical (unpaired) electrons. The first-order valence-electron chi connectivity index (χ1n) is 8.01. The Kier molecular flexibility index (Phi) is 5.82. The van der Waals surface area contributed by atoms with Gasteiger partial charge in [-0.3, -0.25) is 5.32 Å². The number of nitrogens with zero attached hydrogens (tertiary/aromatic N) is 3. The molecule has 0 unspecified atom stereocenters. The first-order chi connectivity index (χ1) is 13.1. The molecule has 0 aliphatic heterocycles. The predicted octanol–water partition coefficient (Wildman–Crippen LogP) is 3.29. The van der Waals surface area contributed by atoms with Crippen LogP contribution in [-0.2, 0) is 6.54 Å². The van der Waals surface area contributed by atoms with E-state index in [1.165, 1.54) is 17.1 Å². The minimum absolute atomic E-state index is 0.272. The number of thiocarbonyl (C=S) groups is 1. The van der Waals surface area contributed by atoms with Gasteiger partial charge in [-0.05, 0) is 18.3 Å². The van der Waals surface area contributed by atoms with Gasteiger partial charge < -0.3 is 14.8 Å². The van der Waals surface area contributed by atoms with Gasteiger partial charge in [0.05, 0.1) is 20.8 Å². The Morgan fingerprint density at radius 3 is 2.48 bits per heavy atom. The van der Waals surface area contributed by atoms with Crippen molar-refractivity contribution in [3.8, 4) is 11.5 Å². The van der Waals surface area contributed by atoms with Gasteiger partial charge in [0.15, 0.2) is 5.11 Å². The summed E-state index contributed by atoms with van der Waals surface area (Å²) in [6.45, 7) is 0.272. The maximum atomic E-state index is 13.7. The molecular weight excluding hydrogens is 369 g/mol. The van der Waals surface area contributed by atoms with Crippen LogP contribution in [0.3, 0.4) is 0 Å². The molecule has 7 nitrogen and oxygen atoms in total. The number of anilines is 2. The fraction of sp³-hybridized carbons (Fsp3) is 0.167. The molecule has 9 heteroatoms. The number of methoxy groups -OCH3 is 2. The van der Waals surface area contributed by atoms with Crippen molar-refractivity contribution in [2.24, 2.45) is 0 Å². The molecule has 1 heterocycles. The molecule has 27 heavy (non-hydrogen) atoms. The third kappa shape index (κ3) is 4.91. The number of aromatic nitrogens is 3. The molecule has 2 aromatic carbocycles. The van der Waals surface area contributed by atoms with Crippen LogP contribution < -0.4 is 20.1 Å². The Hall–Kier alpha value is -3.20. The summed E-state index contributed by atoms with van der Waals surface area (Å²) in [5.74, 6) is 1.28. The highest BCUT2D eigenvalue weighted by Crippen LogP contribution is 2.25. The molecule has 3 rings (SSSR count). The van der Waals surface area contributed by atoms with Crippen LogP contribution in [0.4, 0.5) is 16.0 Å². The molecule has 0 spiro atoms. The zero-order valence-electron chi connectivity index (χ0n) is 14.8. The average Bonchev–Trinajstić information content (AvgIpc) is 3.09. The lowest BCUT2D eigenvalue weighted by molar-refractivity contribution is 0.395. The van der Waals surface area contributed by atoms with Crippen LogP contribution in [0.1, 0.15) is 5.56 Å².